The van der Waals surface area contributed by atoms with Crippen molar-refractivity contribution in [1.29, 1.82) is 0 Å². The number of anilines is 1. The van der Waals surface area contributed by atoms with E-state index in [4.69, 9.17) is 9.84 Å². The van der Waals surface area contributed by atoms with Gasteiger partial charge >= 0.3 is 5.97 Å². The van der Waals surface area contributed by atoms with E-state index in [1.165, 1.54) is 6.92 Å². The number of rotatable bonds is 8. The molecule has 0 spiro atoms. The highest BCUT2D eigenvalue weighted by Crippen LogP contribution is 2.30. The molecule has 0 saturated heterocycles. The van der Waals surface area contributed by atoms with E-state index in [-0.39, 0.29) is 25.0 Å². The van der Waals surface area contributed by atoms with Crippen molar-refractivity contribution >= 4 is 23.5 Å². The van der Waals surface area contributed by atoms with Crippen LogP contribution in [-0.4, -0.2) is 36.0 Å². The first-order valence-electron chi connectivity index (χ1n) is 7.49. The summed E-state index contributed by atoms with van der Waals surface area (Å²) in [5, 5.41) is 14.0. The molecule has 0 aromatic heterocycles. The molecule has 0 bridgehead atoms. The van der Waals surface area contributed by atoms with Crippen molar-refractivity contribution in [2.45, 2.75) is 19.8 Å². The van der Waals surface area contributed by atoms with E-state index in [1.54, 1.807) is 24.3 Å². The fourth-order valence-electron chi connectivity index (χ4n) is 1.81. The summed E-state index contributed by atoms with van der Waals surface area (Å²) in [7, 11) is 0. The highest BCUT2D eigenvalue weighted by molar-refractivity contribution is 5.94. The third kappa shape index (κ3) is 5.61. The zero-order chi connectivity index (χ0) is 16.8. The topological polar surface area (TPSA) is 105 Å². The Morgan fingerprint density at radius 1 is 1.35 bits per heavy atom. The normalized spacial score (nSPS) is 14.7. The number of carbonyl (C=O) groups is 3. The molecule has 1 saturated carbocycles. The van der Waals surface area contributed by atoms with Crippen LogP contribution in [0.5, 0.6) is 5.75 Å². The molecule has 23 heavy (non-hydrogen) atoms. The maximum absolute atomic E-state index is 11.7. The minimum atomic E-state index is -0.967. The Hall–Kier alpha value is -2.57. The van der Waals surface area contributed by atoms with Crippen LogP contribution in [0.2, 0.25) is 0 Å². The maximum Gasteiger partial charge on any atom is 0.308 e. The Balaban J connectivity index is 1.77. The Kier molecular flexibility index (Phi) is 5.56. The first-order chi connectivity index (χ1) is 11.0. The van der Waals surface area contributed by atoms with Crippen molar-refractivity contribution in [2.75, 3.05) is 18.5 Å². The molecule has 124 valence electrons. The van der Waals surface area contributed by atoms with Crippen molar-refractivity contribution in [1.82, 2.24) is 5.32 Å². The lowest BCUT2D eigenvalue weighted by atomic mass is 10.2. The lowest BCUT2D eigenvalue weighted by Crippen LogP contribution is -2.34. The van der Waals surface area contributed by atoms with Crippen LogP contribution in [0, 0.1) is 11.8 Å². The zero-order valence-electron chi connectivity index (χ0n) is 12.9. The molecular formula is C16H20N2O5. The highest BCUT2D eigenvalue weighted by Gasteiger charge is 2.29. The average molecular weight is 320 g/mol. The molecule has 1 aliphatic carbocycles. The van der Waals surface area contributed by atoms with Gasteiger partial charge in [-0.1, -0.05) is 13.0 Å². The molecule has 0 aliphatic heterocycles. The first-order valence-corrected chi connectivity index (χ1v) is 7.49. The molecule has 1 aliphatic rings. The second kappa shape index (κ2) is 7.62. The summed E-state index contributed by atoms with van der Waals surface area (Å²) in [5.74, 6) is -1.44. The Labute approximate surface area is 134 Å². The summed E-state index contributed by atoms with van der Waals surface area (Å²) in [6, 6.07) is 6.80. The summed E-state index contributed by atoms with van der Waals surface area (Å²) in [5.41, 5.74) is 0.624. The largest absolute Gasteiger partial charge is 0.484 e. The molecule has 7 nitrogen and oxygen atoms in total. The molecule has 1 aromatic rings. The van der Waals surface area contributed by atoms with E-state index >= 15 is 0 Å². The summed E-state index contributed by atoms with van der Waals surface area (Å²) in [6.45, 7) is 1.34. The molecule has 0 radical (unpaired) electrons. The van der Waals surface area contributed by atoms with Crippen LogP contribution in [0.25, 0.3) is 0 Å². The smallest absolute Gasteiger partial charge is 0.308 e. The van der Waals surface area contributed by atoms with Gasteiger partial charge in [0.1, 0.15) is 5.75 Å². The molecule has 1 fully saturated rings. The second-order valence-electron chi connectivity index (χ2n) is 5.62. The number of benzene rings is 1. The number of carboxylic acids is 1. The van der Waals surface area contributed by atoms with Crippen molar-refractivity contribution in [2.24, 2.45) is 11.8 Å². The van der Waals surface area contributed by atoms with Crippen molar-refractivity contribution in [3.63, 3.8) is 0 Å². The molecule has 1 atom stereocenters. The lowest BCUT2D eigenvalue weighted by Gasteiger charge is -2.10. The van der Waals surface area contributed by atoms with E-state index in [1.807, 2.05) is 0 Å². The monoisotopic (exact) mass is 320 g/mol. The van der Waals surface area contributed by atoms with Gasteiger partial charge in [0.05, 0.1) is 5.92 Å². The van der Waals surface area contributed by atoms with Crippen LogP contribution in [0.4, 0.5) is 5.69 Å². The number of hydrogen-bond acceptors (Lipinski definition) is 4. The molecular weight excluding hydrogens is 300 g/mol. The quantitative estimate of drug-likeness (QED) is 0.668. The number of carbonyl (C=O) groups excluding carboxylic acids is 2. The van der Waals surface area contributed by atoms with Gasteiger partial charge in [-0.2, -0.15) is 0 Å². The van der Waals surface area contributed by atoms with Crippen LogP contribution < -0.4 is 15.4 Å². The lowest BCUT2D eigenvalue weighted by molar-refractivity contribution is -0.141. The minimum Gasteiger partial charge on any atom is -0.484 e. The van der Waals surface area contributed by atoms with Crippen LogP contribution in [0.3, 0.4) is 0 Å². The third-order valence-electron chi connectivity index (χ3n) is 3.45. The SMILES string of the molecule is CC(CNC(=O)COc1cccc(NC(=O)C2CC2)c1)C(=O)O. The van der Waals surface area contributed by atoms with E-state index in [0.717, 1.165) is 12.8 Å². The van der Waals surface area contributed by atoms with E-state index in [9.17, 15) is 14.4 Å². The van der Waals surface area contributed by atoms with Gasteiger partial charge in [-0.05, 0) is 25.0 Å². The molecule has 1 unspecified atom stereocenters. The number of aliphatic carboxylic acids is 1. The van der Waals surface area contributed by atoms with E-state index in [0.29, 0.717) is 11.4 Å². The molecule has 2 amide bonds. The van der Waals surface area contributed by atoms with Crippen molar-refractivity contribution < 1.29 is 24.2 Å². The number of nitrogens with one attached hydrogen (secondary N) is 2. The highest BCUT2D eigenvalue weighted by atomic mass is 16.5. The predicted molar refractivity (Wildman–Crippen MR) is 83.1 cm³/mol. The van der Waals surface area contributed by atoms with Crippen molar-refractivity contribution in [3.05, 3.63) is 24.3 Å². The Bertz CT molecular complexity index is 598. The summed E-state index contributed by atoms with van der Waals surface area (Å²) >= 11 is 0. The maximum atomic E-state index is 11.7. The predicted octanol–water partition coefficient (Wildman–Crippen LogP) is 1.25. The number of hydrogen-bond donors (Lipinski definition) is 3. The van der Waals surface area contributed by atoms with Gasteiger partial charge in [-0.3, -0.25) is 14.4 Å². The van der Waals surface area contributed by atoms with Crippen LogP contribution >= 0.6 is 0 Å². The Morgan fingerprint density at radius 3 is 2.74 bits per heavy atom. The zero-order valence-corrected chi connectivity index (χ0v) is 12.9. The second-order valence-corrected chi connectivity index (χ2v) is 5.62. The van der Waals surface area contributed by atoms with Crippen LogP contribution in [0.15, 0.2) is 24.3 Å². The summed E-state index contributed by atoms with van der Waals surface area (Å²) < 4.78 is 5.35. The molecule has 2 rings (SSSR count). The van der Waals surface area contributed by atoms with E-state index < -0.39 is 17.8 Å². The number of carboxylic acid groups (broad SMARTS) is 1. The number of ether oxygens (including phenoxy) is 1. The van der Waals surface area contributed by atoms with Gasteiger partial charge in [0.15, 0.2) is 6.61 Å². The van der Waals surface area contributed by atoms with Crippen molar-refractivity contribution in [3.8, 4) is 5.75 Å². The van der Waals surface area contributed by atoms with Crippen LogP contribution in [0.1, 0.15) is 19.8 Å². The van der Waals surface area contributed by atoms with Gasteiger partial charge in [0.2, 0.25) is 5.91 Å². The van der Waals surface area contributed by atoms with Crippen LogP contribution in [-0.2, 0) is 14.4 Å². The molecule has 7 heteroatoms. The third-order valence-corrected chi connectivity index (χ3v) is 3.45. The minimum absolute atomic E-state index is 0.00236. The molecule has 0 heterocycles. The molecule has 3 N–H and O–H groups in total. The van der Waals surface area contributed by atoms with Gasteiger partial charge in [0.25, 0.3) is 5.91 Å². The molecule has 1 aromatic carbocycles. The fraction of sp³-hybridized carbons (Fsp3) is 0.438. The van der Waals surface area contributed by atoms with Gasteiger partial charge in [0, 0.05) is 24.2 Å². The first kappa shape index (κ1) is 16.8. The van der Waals surface area contributed by atoms with Gasteiger partial charge in [-0.25, -0.2) is 0 Å². The van der Waals surface area contributed by atoms with Gasteiger partial charge in [-0.15, -0.1) is 0 Å². The number of amides is 2. The summed E-state index contributed by atoms with van der Waals surface area (Å²) in [4.78, 5) is 33.9. The fourth-order valence-corrected chi connectivity index (χ4v) is 1.81. The van der Waals surface area contributed by atoms with E-state index in [2.05, 4.69) is 10.6 Å². The average Bonchev–Trinajstić information content (AvgIpc) is 3.35. The Morgan fingerprint density at radius 2 is 2.09 bits per heavy atom. The summed E-state index contributed by atoms with van der Waals surface area (Å²) in [6.07, 6.45) is 1.86. The van der Waals surface area contributed by atoms with Gasteiger partial charge < -0.3 is 20.5 Å². The standard InChI is InChI=1S/C16H20N2O5/c1-10(16(21)22)8-17-14(19)9-23-13-4-2-3-12(7-13)18-15(20)11-5-6-11/h2-4,7,10-11H,5-6,8-9H2,1H3,(H,17,19)(H,18,20)(H,21,22).